The van der Waals surface area contributed by atoms with Gasteiger partial charge in [0, 0.05) is 11.6 Å². The van der Waals surface area contributed by atoms with Gasteiger partial charge in [-0.2, -0.15) is 0 Å². The summed E-state index contributed by atoms with van der Waals surface area (Å²) in [5, 5.41) is 3.25. The van der Waals surface area contributed by atoms with Crippen LogP contribution >= 0.6 is 0 Å². The number of ether oxygens (including phenoxy) is 1. The third-order valence-corrected chi connectivity index (χ3v) is 3.00. The van der Waals surface area contributed by atoms with E-state index in [-0.39, 0.29) is 0 Å². The van der Waals surface area contributed by atoms with Crippen molar-refractivity contribution in [2.24, 2.45) is 0 Å². The quantitative estimate of drug-likeness (QED) is 0.758. The summed E-state index contributed by atoms with van der Waals surface area (Å²) >= 11 is 0. The lowest BCUT2D eigenvalue weighted by atomic mass is 10.0. The minimum absolute atomic E-state index is 0.291. The standard InChI is InChI=1S/C15H23NO/c1-6-11(2)10-17-15-8-7-12(3)9-14(15)13(4)16-5/h7-9,13,16H,2,6,10H2,1,3-5H3. The average molecular weight is 233 g/mol. The van der Waals surface area contributed by atoms with E-state index in [4.69, 9.17) is 4.74 Å². The molecule has 1 aromatic carbocycles. The Kier molecular flexibility index (Phi) is 5.23. The minimum Gasteiger partial charge on any atom is -0.489 e. The predicted molar refractivity (Wildman–Crippen MR) is 73.6 cm³/mol. The number of hydrogen-bond acceptors (Lipinski definition) is 2. The van der Waals surface area contributed by atoms with Gasteiger partial charge in [-0.25, -0.2) is 0 Å². The maximum absolute atomic E-state index is 5.83. The molecule has 0 bridgehead atoms. The van der Waals surface area contributed by atoms with Gasteiger partial charge in [-0.3, -0.25) is 0 Å². The zero-order valence-corrected chi connectivity index (χ0v) is 11.3. The fraction of sp³-hybridized carbons (Fsp3) is 0.467. The van der Waals surface area contributed by atoms with Crippen molar-refractivity contribution in [3.05, 3.63) is 41.5 Å². The molecule has 0 fully saturated rings. The molecule has 0 amide bonds. The summed E-state index contributed by atoms with van der Waals surface area (Å²) < 4.78 is 5.83. The Balaban J connectivity index is 2.86. The van der Waals surface area contributed by atoms with E-state index in [9.17, 15) is 0 Å². The smallest absolute Gasteiger partial charge is 0.124 e. The second kappa shape index (κ2) is 6.45. The van der Waals surface area contributed by atoms with Gasteiger partial charge in [0.15, 0.2) is 0 Å². The summed E-state index contributed by atoms with van der Waals surface area (Å²) in [6.07, 6.45) is 0.961. The summed E-state index contributed by atoms with van der Waals surface area (Å²) in [6.45, 7) is 10.9. The van der Waals surface area contributed by atoms with E-state index >= 15 is 0 Å². The van der Waals surface area contributed by atoms with E-state index in [0.29, 0.717) is 12.6 Å². The van der Waals surface area contributed by atoms with Crippen LogP contribution in [-0.2, 0) is 0 Å². The molecule has 0 aliphatic carbocycles. The van der Waals surface area contributed by atoms with Crippen LogP contribution in [0.15, 0.2) is 30.4 Å². The van der Waals surface area contributed by atoms with Crippen molar-refractivity contribution in [2.45, 2.75) is 33.2 Å². The van der Waals surface area contributed by atoms with Crippen molar-refractivity contribution in [3.63, 3.8) is 0 Å². The van der Waals surface area contributed by atoms with Gasteiger partial charge in [0.05, 0.1) is 0 Å². The van der Waals surface area contributed by atoms with Gasteiger partial charge in [0.2, 0.25) is 0 Å². The molecule has 0 radical (unpaired) electrons. The third-order valence-electron chi connectivity index (χ3n) is 3.00. The predicted octanol–water partition coefficient (Wildman–Crippen LogP) is 3.62. The van der Waals surface area contributed by atoms with Crippen LogP contribution < -0.4 is 10.1 Å². The summed E-state index contributed by atoms with van der Waals surface area (Å²) in [7, 11) is 1.96. The van der Waals surface area contributed by atoms with Crippen LogP contribution in [-0.4, -0.2) is 13.7 Å². The van der Waals surface area contributed by atoms with Gasteiger partial charge in [0.1, 0.15) is 12.4 Å². The van der Waals surface area contributed by atoms with Crippen LogP contribution in [0.1, 0.15) is 37.4 Å². The average Bonchev–Trinajstić information content (AvgIpc) is 2.35. The molecule has 0 saturated heterocycles. The first-order valence-electron chi connectivity index (χ1n) is 6.15. The summed E-state index contributed by atoms with van der Waals surface area (Å²) in [5.74, 6) is 0.951. The van der Waals surface area contributed by atoms with Crippen molar-refractivity contribution in [3.8, 4) is 5.75 Å². The number of aryl methyl sites for hydroxylation is 1. The molecular formula is C15H23NO. The van der Waals surface area contributed by atoms with E-state index in [1.807, 2.05) is 13.1 Å². The van der Waals surface area contributed by atoms with Crippen LogP contribution in [0.5, 0.6) is 5.75 Å². The SMILES string of the molecule is C=C(CC)COc1ccc(C)cc1C(C)NC. The summed E-state index contributed by atoms with van der Waals surface area (Å²) in [6, 6.07) is 6.59. The van der Waals surface area contributed by atoms with Crippen LogP contribution in [0, 0.1) is 6.92 Å². The Morgan fingerprint density at radius 3 is 2.76 bits per heavy atom. The fourth-order valence-corrected chi connectivity index (χ4v) is 1.58. The van der Waals surface area contributed by atoms with Gasteiger partial charge in [-0.1, -0.05) is 31.2 Å². The molecule has 0 aromatic heterocycles. The second-order valence-electron chi connectivity index (χ2n) is 4.44. The maximum atomic E-state index is 5.83. The first kappa shape index (κ1) is 13.8. The highest BCUT2D eigenvalue weighted by atomic mass is 16.5. The number of nitrogens with one attached hydrogen (secondary N) is 1. The third kappa shape index (κ3) is 3.90. The molecule has 0 aliphatic heterocycles. The first-order chi connectivity index (χ1) is 8.08. The Morgan fingerprint density at radius 1 is 1.47 bits per heavy atom. The van der Waals surface area contributed by atoms with E-state index in [1.165, 1.54) is 11.1 Å². The second-order valence-corrected chi connectivity index (χ2v) is 4.44. The summed E-state index contributed by atoms with van der Waals surface area (Å²) in [4.78, 5) is 0. The molecule has 1 aromatic rings. The maximum Gasteiger partial charge on any atom is 0.124 e. The lowest BCUT2D eigenvalue weighted by Crippen LogP contribution is -2.14. The van der Waals surface area contributed by atoms with Gasteiger partial charge in [-0.05, 0) is 39.0 Å². The topological polar surface area (TPSA) is 21.3 Å². The first-order valence-corrected chi connectivity index (χ1v) is 6.15. The minimum atomic E-state index is 0.291. The molecule has 0 aliphatic rings. The molecule has 0 saturated carbocycles. The highest BCUT2D eigenvalue weighted by Crippen LogP contribution is 2.26. The van der Waals surface area contributed by atoms with E-state index < -0.39 is 0 Å². The Hall–Kier alpha value is -1.28. The van der Waals surface area contributed by atoms with Crippen molar-refractivity contribution in [1.82, 2.24) is 5.32 Å². The molecule has 1 N–H and O–H groups in total. The lowest BCUT2D eigenvalue weighted by Gasteiger charge is -2.17. The zero-order valence-electron chi connectivity index (χ0n) is 11.3. The van der Waals surface area contributed by atoms with Crippen molar-refractivity contribution in [1.29, 1.82) is 0 Å². The monoisotopic (exact) mass is 233 g/mol. The molecule has 2 heteroatoms. The molecule has 17 heavy (non-hydrogen) atoms. The molecule has 94 valence electrons. The highest BCUT2D eigenvalue weighted by molar-refractivity contribution is 5.39. The lowest BCUT2D eigenvalue weighted by molar-refractivity contribution is 0.341. The zero-order chi connectivity index (χ0) is 12.8. The molecule has 2 nitrogen and oxygen atoms in total. The van der Waals surface area contributed by atoms with Crippen LogP contribution in [0.3, 0.4) is 0 Å². The largest absolute Gasteiger partial charge is 0.489 e. The molecule has 1 rings (SSSR count). The Morgan fingerprint density at radius 2 is 2.18 bits per heavy atom. The number of benzene rings is 1. The Labute approximate surface area is 105 Å². The van der Waals surface area contributed by atoms with Gasteiger partial charge in [-0.15, -0.1) is 0 Å². The van der Waals surface area contributed by atoms with Crippen LogP contribution in [0.4, 0.5) is 0 Å². The molecule has 1 unspecified atom stereocenters. The number of hydrogen-bond donors (Lipinski definition) is 1. The van der Waals surface area contributed by atoms with Crippen molar-refractivity contribution in [2.75, 3.05) is 13.7 Å². The number of rotatable bonds is 6. The summed E-state index contributed by atoms with van der Waals surface area (Å²) in [5.41, 5.74) is 3.58. The van der Waals surface area contributed by atoms with Crippen molar-refractivity contribution >= 4 is 0 Å². The van der Waals surface area contributed by atoms with Gasteiger partial charge >= 0.3 is 0 Å². The Bertz CT molecular complexity index is 385. The highest BCUT2D eigenvalue weighted by Gasteiger charge is 2.10. The van der Waals surface area contributed by atoms with Crippen LogP contribution in [0.25, 0.3) is 0 Å². The molecule has 0 heterocycles. The normalized spacial score (nSPS) is 12.2. The van der Waals surface area contributed by atoms with E-state index in [0.717, 1.165) is 17.7 Å². The van der Waals surface area contributed by atoms with Crippen LogP contribution in [0.2, 0.25) is 0 Å². The molecule has 0 spiro atoms. The fourth-order valence-electron chi connectivity index (χ4n) is 1.58. The van der Waals surface area contributed by atoms with Gasteiger partial charge in [0.25, 0.3) is 0 Å². The molecule has 1 atom stereocenters. The van der Waals surface area contributed by atoms with E-state index in [1.54, 1.807) is 0 Å². The van der Waals surface area contributed by atoms with Gasteiger partial charge < -0.3 is 10.1 Å². The van der Waals surface area contributed by atoms with Crippen molar-refractivity contribution < 1.29 is 4.74 Å². The van der Waals surface area contributed by atoms with E-state index in [2.05, 4.69) is 44.8 Å². The molecular weight excluding hydrogens is 210 g/mol.